The summed E-state index contributed by atoms with van der Waals surface area (Å²) >= 11 is 3.15. The highest BCUT2D eigenvalue weighted by Crippen LogP contribution is 2.35. The SMILES string of the molecule is CCOc1cc([C@H]2NC(=O)NC(C)=C2C(=O)OC)ccc1OC[C@H](O)N/N=C\c1cc(Br)c(O)cc1O. The van der Waals surface area contributed by atoms with E-state index in [2.05, 4.69) is 37.1 Å². The topological polar surface area (TPSA) is 171 Å². The molecule has 0 saturated heterocycles. The number of nitrogens with zero attached hydrogens (tertiary/aromatic N) is 1. The predicted octanol–water partition coefficient (Wildman–Crippen LogP) is 2.38. The van der Waals surface area contributed by atoms with Crippen molar-refractivity contribution < 1.29 is 39.1 Å². The number of phenols is 2. The number of phenolic OH excluding ortho intramolecular Hbond substituents is 2. The number of hydrogen-bond acceptors (Lipinski definition) is 10. The molecule has 1 heterocycles. The van der Waals surface area contributed by atoms with Crippen LogP contribution in [0.4, 0.5) is 4.79 Å². The van der Waals surface area contributed by atoms with E-state index in [1.165, 1.54) is 19.4 Å². The van der Waals surface area contributed by atoms with Crippen LogP contribution in [0.5, 0.6) is 23.0 Å². The van der Waals surface area contributed by atoms with Gasteiger partial charge < -0.3 is 40.2 Å². The standard InChI is InChI=1S/C24H27BrN4O8/c1-4-36-19-8-13(22-21(23(33)35-3)12(2)27-24(34)28-22)5-6-18(19)37-11-20(32)29-26-10-14-7-15(25)17(31)9-16(14)30/h5-10,20,22,29-32H,4,11H2,1-3H3,(H2,27,28,34)/b26-10-/t20-,22+/m0/s1. The smallest absolute Gasteiger partial charge is 0.337 e. The number of carbonyl (C=O) groups excluding carboxylic acids is 2. The van der Waals surface area contributed by atoms with Gasteiger partial charge in [-0.1, -0.05) is 6.07 Å². The third-order valence-electron chi connectivity index (χ3n) is 5.20. The Bertz CT molecular complexity index is 1230. The average molecular weight is 579 g/mol. The third-order valence-corrected chi connectivity index (χ3v) is 5.83. The molecule has 2 atom stereocenters. The number of nitrogens with one attached hydrogen (secondary N) is 3. The summed E-state index contributed by atoms with van der Waals surface area (Å²) in [5.74, 6) is -0.248. The molecule has 0 aliphatic carbocycles. The second kappa shape index (κ2) is 12.3. The number of esters is 1. The number of aromatic hydroxyl groups is 2. The monoisotopic (exact) mass is 578 g/mol. The summed E-state index contributed by atoms with van der Waals surface area (Å²) in [4.78, 5) is 24.4. The molecule has 0 bridgehead atoms. The van der Waals surface area contributed by atoms with E-state index in [1.54, 1.807) is 32.0 Å². The molecule has 198 valence electrons. The molecule has 12 nitrogen and oxygen atoms in total. The van der Waals surface area contributed by atoms with Crippen LogP contribution >= 0.6 is 15.9 Å². The van der Waals surface area contributed by atoms with Gasteiger partial charge in [0.25, 0.3) is 0 Å². The largest absolute Gasteiger partial charge is 0.507 e. The third kappa shape index (κ3) is 6.83. The lowest BCUT2D eigenvalue weighted by Crippen LogP contribution is -2.45. The van der Waals surface area contributed by atoms with Crippen LogP contribution in [-0.2, 0) is 9.53 Å². The van der Waals surface area contributed by atoms with Crippen molar-refractivity contribution in [3.05, 3.63) is 57.2 Å². The van der Waals surface area contributed by atoms with Crippen LogP contribution in [0.2, 0.25) is 0 Å². The molecule has 0 aromatic heterocycles. The molecule has 2 aromatic rings. The summed E-state index contributed by atoms with van der Waals surface area (Å²) in [6.07, 6.45) is 0.0542. The van der Waals surface area contributed by atoms with Crippen LogP contribution < -0.4 is 25.5 Å². The fourth-order valence-corrected chi connectivity index (χ4v) is 3.85. The van der Waals surface area contributed by atoms with E-state index in [4.69, 9.17) is 14.2 Å². The first kappa shape index (κ1) is 27.6. The highest BCUT2D eigenvalue weighted by molar-refractivity contribution is 9.10. The van der Waals surface area contributed by atoms with Crippen LogP contribution in [0, 0.1) is 0 Å². The number of aliphatic hydroxyl groups is 1. The Morgan fingerprint density at radius 3 is 2.68 bits per heavy atom. The lowest BCUT2D eigenvalue weighted by Gasteiger charge is -2.28. The number of ether oxygens (including phenoxy) is 3. The normalized spacial score (nSPS) is 16.1. The number of methoxy groups -OCH3 is 1. The van der Waals surface area contributed by atoms with E-state index >= 15 is 0 Å². The van der Waals surface area contributed by atoms with E-state index in [9.17, 15) is 24.9 Å². The van der Waals surface area contributed by atoms with Gasteiger partial charge in [0.1, 0.15) is 18.1 Å². The number of halogens is 1. The van der Waals surface area contributed by atoms with Crippen LogP contribution in [0.1, 0.15) is 31.0 Å². The maximum atomic E-state index is 12.3. The number of hydrogen-bond donors (Lipinski definition) is 6. The summed E-state index contributed by atoms with van der Waals surface area (Å²) in [6.45, 7) is 3.50. The zero-order chi connectivity index (χ0) is 27.1. The summed E-state index contributed by atoms with van der Waals surface area (Å²) in [6, 6.07) is 6.28. The molecule has 0 unspecified atom stereocenters. The molecular weight excluding hydrogens is 552 g/mol. The van der Waals surface area contributed by atoms with Gasteiger partial charge in [-0.25, -0.2) is 9.59 Å². The maximum absolute atomic E-state index is 12.3. The highest BCUT2D eigenvalue weighted by atomic mass is 79.9. The minimum absolute atomic E-state index is 0.123. The van der Waals surface area contributed by atoms with Gasteiger partial charge >= 0.3 is 12.0 Å². The van der Waals surface area contributed by atoms with Crippen molar-refractivity contribution in [3.8, 4) is 23.0 Å². The molecule has 2 amide bonds. The van der Waals surface area contributed by atoms with E-state index in [0.29, 0.717) is 39.4 Å². The van der Waals surface area contributed by atoms with E-state index < -0.39 is 24.3 Å². The Hall–Kier alpha value is -3.97. The van der Waals surface area contributed by atoms with Crippen molar-refractivity contribution >= 4 is 34.1 Å². The van der Waals surface area contributed by atoms with Crippen molar-refractivity contribution in [2.45, 2.75) is 26.1 Å². The number of rotatable bonds is 10. The number of urea groups is 1. The molecule has 2 aromatic carbocycles. The first-order valence-electron chi connectivity index (χ1n) is 11.1. The molecule has 0 fully saturated rings. The number of benzene rings is 2. The van der Waals surface area contributed by atoms with Gasteiger partial charge in [0, 0.05) is 17.3 Å². The molecule has 37 heavy (non-hydrogen) atoms. The Kier molecular flexibility index (Phi) is 9.20. The molecule has 3 rings (SSSR count). The Morgan fingerprint density at radius 1 is 1.22 bits per heavy atom. The molecule has 13 heteroatoms. The van der Waals surface area contributed by atoms with Gasteiger partial charge in [-0.05, 0) is 53.5 Å². The van der Waals surface area contributed by atoms with Crippen molar-refractivity contribution in [2.24, 2.45) is 5.10 Å². The molecule has 0 spiro atoms. The van der Waals surface area contributed by atoms with Gasteiger partial charge in [0.05, 0.1) is 36.0 Å². The van der Waals surface area contributed by atoms with Gasteiger partial charge in [-0.15, -0.1) is 0 Å². The van der Waals surface area contributed by atoms with Crippen molar-refractivity contribution in [2.75, 3.05) is 20.3 Å². The molecule has 0 saturated carbocycles. The van der Waals surface area contributed by atoms with Gasteiger partial charge in [-0.2, -0.15) is 5.10 Å². The number of aliphatic hydroxyl groups excluding tert-OH is 1. The zero-order valence-electron chi connectivity index (χ0n) is 20.2. The van der Waals surface area contributed by atoms with Crippen molar-refractivity contribution in [1.29, 1.82) is 0 Å². The number of amides is 2. The van der Waals surface area contributed by atoms with Crippen LogP contribution in [-0.4, -0.2) is 60.1 Å². The predicted molar refractivity (Wildman–Crippen MR) is 136 cm³/mol. The van der Waals surface area contributed by atoms with Gasteiger partial charge in [-0.3, -0.25) is 5.43 Å². The minimum Gasteiger partial charge on any atom is -0.507 e. The van der Waals surface area contributed by atoms with Crippen molar-refractivity contribution in [1.82, 2.24) is 16.1 Å². The molecular formula is C24H27BrN4O8. The Balaban J connectivity index is 1.71. The Labute approximate surface area is 221 Å². The Morgan fingerprint density at radius 2 is 1.97 bits per heavy atom. The van der Waals surface area contributed by atoms with Gasteiger partial charge in [0.15, 0.2) is 17.7 Å². The minimum atomic E-state index is -1.21. The first-order valence-corrected chi connectivity index (χ1v) is 11.9. The number of carbonyl (C=O) groups is 2. The van der Waals surface area contributed by atoms with E-state index in [0.717, 1.165) is 6.07 Å². The fourth-order valence-electron chi connectivity index (χ4n) is 3.48. The quantitative estimate of drug-likeness (QED) is 0.107. The number of allylic oxidation sites excluding steroid dienone is 1. The van der Waals surface area contributed by atoms with Crippen molar-refractivity contribution in [3.63, 3.8) is 0 Å². The second-order valence-electron chi connectivity index (χ2n) is 7.78. The molecule has 0 radical (unpaired) electrons. The summed E-state index contributed by atoms with van der Waals surface area (Å²) in [5, 5.41) is 38.8. The highest BCUT2D eigenvalue weighted by Gasteiger charge is 2.32. The first-order chi connectivity index (χ1) is 17.6. The summed E-state index contributed by atoms with van der Waals surface area (Å²) in [5.41, 5.74) is 3.97. The molecule has 1 aliphatic rings. The number of hydrazone groups is 1. The fraction of sp³-hybridized carbons (Fsp3) is 0.292. The van der Waals surface area contributed by atoms with E-state index in [-0.39, 0.29) is 23.7 Å². The summed E-state index contributed by atoms with van der Waals surface area (Å²) < 4.78 is 16.6. The molecule has 1 aliphatic heterocycles. The lowest BCUT2D eigenvalue weighted by atomic mass is 9.95. The van der Waals surface area contributed by atoms with Crippen LogP contribution in [0.3, 0.4) is 0 Å². The maximum Gasteiger partial charge on any atom is 0.337 e. The van der Waals surface area contributed by atoms with Crippen LogP contribution in [0.25, 0.3) is 0 Å². The second-order valence-corrected chi connectivity index (χ2v) is 8.63. The van der Waals surface area contributed by atoms with E-state index in [1.807, 2.05) is 0 Å². The average Bonchev–Trinajstić information content (AvgIpc) is 2.85. The van der Waals surface area contributed by atoms with Crippen LogP contribution in [0.15, 0.2) is 51.2 Å². The van der Waals surface area contributed by atoms with Gasteiger partial charge in [0.2, 0.25) is 0 Å². The lowest BCUT2D eigenvalue weighted by molar-refractivity contribution is -0.136. The zero-order valence-corrected chi connectivity index (χ0v) is 21.8. The summed E-state index contributed by atoms with van der Waals surface area (Å²) in [7, 11) is 1.26. The molecule has 6 N–H and O–H groups in total.